The topological polar surface area (TPSA) is 98.6 Å². The van der Waals surface area contributed by atoms with Crippen molar-refractivity contribution in [2.45, 2.75) is 87.2 Å². The Labute approximate surface area is 239 Å². The van der Waals surface area contributed by atoms with Crippen molar-refractivity contribution in [2.75, 3.05) is 13.2 Å². The lowest BCUT2D eigenvalue weighted by Crippen LogP contribution is -2.26. The molecule has 7 nitrogen and oxygen atoms in total. The lowest BCUT2D eigenvalue weighted by Gasteiger charge is -2.14. The van der Waals surface area contributed by atoms with Crippen molar-refractivity contribution in [3.63, 3.8) is 0 Å². The van der Waals surface area contributed by atoms with Crippen molar-refractivity contribution < 1.29 is 24.2 Å². The largest absolute Gasteiger partial charge is 0.466 e. The maximum Gasteiger partial charge on any atom is 0.312 e. The number of rotatable bonds is 6. The van der Waals surface area contributed by atoms with Crippen LogP contribution in [-0.2, 0) is 19.1 Å². The molecule has 0 aromatic carbocycles. The second-order valence-corrected chi connectivity index (χ2v) is 10.4. The number of aromatic nitrogens is 2. The summed E-state index contributed by atoms with van der Waals surface area (Å²) in [5.41, 5.74) is 8.27. The Kier molecular flexibility index (Phi) is 13.2. The van der Waals surface area contributed by atoms with Gasteiger partial charge in [0.2, 0.25) is 0 Å². The molecule has 40 heavy (non-hydrogen) atoms. The Bertz CT molecular complexity index is 1180. The van der Waals surface area contributed by atoms with E-state index in [9.17, 15) is 14.7 Å². The molecule has 0 amide bonds. The highest BCUT2D eigenvalue weighted by Gasteiger charge is 2.37. The third-order valence-corrected chi connectivity index (χ3v) is 6.89. The van der Waals surface area contributed by atoms with Crippen LogP contribution in [0.4, 0.5) is 0 Å². The summed E-state index contributed by atoms with van der Waals surface area (Å²) >= 11 is 0. The Balaban J connectivity index is 0.000000256. The van der Waals surface area contributed by atoms with E-state index in [-0.39, 0.29) is 17.9 Å². The van der Waals surface area contributed by atoms with Crippen LogP contribution in [0.5, 0.6) is 0 Å². The molecule has 2 heterocycles. The normalized spacial score (nSPS) is 19.9. The van der Waals surface area contributed by atoms with E-state index in [1.807, 2.05) is 52.1 Å². The SMILES string of the molecule is CCC.CCOC(=O)C1CC(C)=C(c2ccc(C)cn2)C1.CCOC(=O)C1CC(c2ccc(C)cn2)=C(C)C1O. The van der Waals surface area contributed by atoms with Gasteiger partial charge < -0.3 is 14.6 Å². The molecule has 0 saturated carbocycles. The molecule has 0 radical (unpaired) electrons. The fourth-order valence-electron chi connectivity index (χ4n) is 4.77. The number of pyridine rings is 2. The van der Waals surface area contributed by atoms with Crippen molar-refractivity contribution in [1.29, 1.82) is 0 Å². The molecule has 2 aromatic heterocycles. The van der Waals surface area contributed by atoms with Gasteiger partial charge in [0.05, 0.1) is 42.5 Å². The van der Waals surface area contributed by atoms with E-state index in [0.717, 1.165) is 46.5 Å². The van der Waals surface area contributed by atoms with Crippen LogP contribution in [0.25, 0.3) is 11.1 Å². The summed E-state index contributed by atoms with van der Waals surface area (Å²) < 4.78 is 10.1. The molecule has 2 aliphatic rings. The molecule has 0 spiro atoms. The number of allylic oxidation sites excluding steroid dienone is 3. The van der Waals surface area contributed by atoms with Crippen molar-refractivity contribution in [3.05, 3.63) is 70.3 Å². The Morgan fingerprint density at radius 3 is 1.75 bits per heavy atom. The maximum absolute atomic E-state index is 11.8. The molecule has 0 fully saturated rings. The van der Waals surface area contributed by atoms with Crippen molar-refractivity contribution in [3.8, 4) is 0 Å². The first-order valence-electron chi connectivity index (χ1n) is 14.3. The van der Waals surface area contributed by atoms with Gasteiger partial charge in [-0.3, -0.25) is 19.6 Å². The van der Waals surface area contributed by atoms with E-state index < -0.39 is 12.0 Å². The lowest BCUT2D eigenvalue weighted by molar-refractivity contribution is -0.150. The average molecular weight is 551 g/mol. The zero-order valence-electron chi connectivity index (χ0n) is 25.4. The minimum Gasteiger partial charge on any atom is -0.466 e. The van der Waals surface area contributed by atoms with Gasteiger partial charge in [-0.05, 0) is 101 Å². The van der Waals surface area contributed by atoms with E-state index in [0.29, 0.717) is 19.6 Å². The zero-order chi connectivity index (χ0) is 29.8. The predicted octanol–water partition coefficient (Wildman–Crippen LogP) is 6.66. The van der Waals surface area contributed by atoms with Crippen molar-refractivity contribution >= 4 is 23.1 Å². The highest BCUT2D eigenvalue weighted by molar-refractivity contribution is 5.82. The van der Waals surface area contributed by atoms with Gasteiger partial charge in [0.15, 0.2) is 0 Å². The molecule has 2 aromatic rings. The first-order chi connectivity index (χ1) is 19.1. The number of carbonyl (C=O) groups excluding carboxylic acids is 2. The Morgan fingerprint density at radius 2 is 1.27 bits per heavy atom. The Hall–Kier alpha value is -3.32. The number of hydrogen-bond donors (Lipinski definition) is 1. The molecule has 1 N–H and O–H groups in total. The summed E-state index contributed by atoms with van der Waals surface area (Å²) in [7, 11) is 0. The smallest absolute Gasteiger partial charge is 0.312 e. The van der Waals surface area contributed by atoms with Gasteiger partial charge in [-0.2, -0.15) is 0 Å². The molecule has 0 aliphatic heterocycles. The second-order valence-electron chi connectivity index (χ2n) is 10.4. The van der Waals surface area contributed by atoms with Crippen molar-refractivity contribution in [2.24, 2.45) is 11.8 Å². The monoisotopic (exact) mass is 550 g/mol. The fraction of sp³-hybridized carbons (Fsp3) is 0.515. The van der Waals surface area contributed by atoms with E-state index in [2.05, 4.69) is 36.8 Å². The fourth-order valence-corrected chi connectivity index (χ4v) is 4.77. The molecule has 3 atom stereocenters. The third-order valence-electron chi connectivity index (χ3n) is 6.89. The van der Waals surface area contributed by atoms with Crippen LogP contribution in [0, 0.1) is 25.7 Å². The molecule has 218 valence electrons. The van der Waals surface area contributed by atoms with Crippen LogP contribution in [0.2, 0.25) is 0 Å². The molecule has 4 rings (SSSR count). The maximum atomic E-state index is 11.8. The second kappa shape index (κ2) is 16.1. The third kappa shape index (κ3) is 8.85. The predicted molar refractivity (Wildman–Crippen MR) is 159 cm³/mol. The number of nitrogens with zero attached hydrogens (tertiary/aromatic N) is 2. The standard InChI is InChI=1S/C15H19NO3.C15H19NO2.C3H8/c1-4-19-15(18)12-7-11(10(3)14(12)17)13-6-5-9(2)8-16-13;1-4-18-15(17)12-7-11(3)13(8-12)14-6-5-10(2)9-16-14;1-3-2/h5-6,8,12,14,17H,4,7H2,1-3H3;5-6,9,12H,4,7-8H2,1-3H3;3H2,1-2H3. The first-order valence-corrected chi connectivity index (χ1v) is 14.3. The number of hydrogen-bond acceptors (Lipinski definition) is 7. The first kappa shape index (κ1) is 32.9. The minimum absolute atomic E-state index is 0.0250. The number of esters is 2. The van der Waals surface area contributed by atoms with Crippen LogP contribution in [0.15, 0.2) is 47.8 Å². The molecule has 2 aliphatic carbocycles. The summed E-state index contributed by atoms with van der Waals surface area (Å²) in [5, 5.41) is 10.2. The van der Waals surface area contributed by atoms with Gasteiger partial charge in [0, 0.05) is 12.4 Å². The quantitative estimate of drug-likeness (QED) is 0.402. The van der Waals surface area contributed by atoms with Crippen LogP contribution >= 0.6 is 0 Å². The van der Waals surface area contributed by atoms with Crippen molar-refractivity contribution in [1.82, 2.24) is 9.97 Å². The highest BCUT2D eigenvalue weighted by atomic mass is 16.5. The Morgan fingerprint density at radius 1 is 0.775 bits per heavy atom. The number of aliphatic hydroxyl groups is 1. The van der Waals surface area contributed by atoms with Crippen LogP contribution < -0.4 is 0 Å². The molecule has 3 unspecified atom stereocenters. The summed E-state index contributed by atoms with van der Waals surface area (Å²) in [5.74, 6) is -0.948. The van der Waals surface area contributed by atoms with Gasteiger partial charge in [0.1, 0.15) is 0 Å². The van der Waals surface area contributed by atoms with Crippen LogP contribution in [0.1, 0.15) is 89.7 Å². The van der Waals surface area contributed by atoms with Gasteiger partial charge in [-0.15, -0.1) is 0 Å². The summed E-state index contributed by atoms with van der Waals surface area (Å²) in [6, 6.07) is 7.99. The number of carbonyl (C=O) groups is 2. The summed E-state index contributed by atoms with van der Waals surface area (Å²) in [6.07, 6.45) is 6.18. The highest BCUT2D eigenvalue weighted by Crippen LogP contribution is 2.38. The average Bonchev–Trinajstić information content (AvgIpc) is 3.46. The molecule has 0 bridgehead atoms. The zero-order valence-corrected chi connectivity index (χ0v) is 25.4. The van der Waals surface area contributed by atoms with E-state index in [4.69, 9.17) is 9.47 Å². The molecular weight excluding hydrogens is 504 g/mol. The van der Waals surface area contributed by atoms with Crippen LogP contribution in [-0.4, -0.2) is 46.3 Å². The number of aryl methyl sites for hydroxylation is 2. The molecule has 0 saturated heterocycles. The molecule has 7 heteroatoms. The number of ether oxygens (including phenoxy) is 2. The lowest BCUT2D eigenvalue weighted by atomic mass is 10.0. The van der Waals surface area contributed by atoms with Gasteiger partial charge in [-0.25, -0.2) is 0 Å². The minimum atomic E-state index is -0.767. The summed E-state index contributed by atoms with van der Waals surface area (Å²) in [6.45, 7) is 16.6. The van der Waals surface area contributed by atoms with Gasteiger partial charge in [-0.1, -0.05) is 38.0 Å². The number of aliphatic hydroxyl groups excluding tert-OH is 1. The molecular formula is C33H46N2O5. The van der Waals surface area contributed by atoms with E-state index in [1.54, 1.807) is 13.1 Å². The van der Waals surface area contributed by atoms with E-state index >= 15 is 0 Å². The summed E-state index contributed by atoms with van der Waals surface area (Å²) in [4.78, 5) is 32.4. The van der Waals surface area contributed by atoms with Crippen LogP contribution in [0.3, 0.4) is 0 Å². The van der Waals surface area contributed by atoms with Gasteiger partial charge >= 0.3 is 11.9 Å². The van der Waals surface area contributed by atoms with E-state index in [1.165, 1.54) is 17.6 Å². The van der Waals surface area contributed by atoms with Gasteiger partial charge in [0.25, 0.3) is 0 Å².